The van der Waals surface area contributed by atoms with Crippen molar-refractivity contribution in [2.24, 2.45) is 0 Å². The lowest BCUT2D eigenvalue weighted by Gasteiger charge is -2.26. The molecule has 0 saturated carbocycles. The fourth-order valence-corrected chi connectivity index (χ4v) is 2.81. The molecule has 140 valence electrons. The number of benzene rings is 2. The molecule has 8 heteroatoms. The van der Waals surface area contributed by atoms with Crippen LogP contribution in [0, 0.1) is 17.5 Å². The third-order valence-corrected chi connectivity index (χ3v) is 4.42. The molecular weight excluding hydrogens is 359 g/mol. The maximum Gasteiger partial charge on any atom is 0.322 e. The van der Waals surface area contributed by atoms with Gasteiger partial charge >= 0.3 is 6.03 Å². The summed E-state index contributed by atoms with van der Waals surface area (Å²) < 4.78 is 40.8. The highest BCUT2D eigenvalue weighted by Gasteiger charge is 2.22. The lowest BCUT2D eigenvalue weighted by Crippen LogP contribution is -2.34. The van der Waals surface area contributed by atoms with Crippen LogP contribution in [0.3, 0.4) is 0 Å². The Morgan fingerprint density at radius 1 is 1.19 bits per heavy atom. The van der Waals surface area contributed by atoms with Gasteiger partial charge in [-0.25, -0.2) is 18.0 Å². The first kappa shape index (κ1) is 18.5. The van der Waals surface area contributed by atoms with Crippen molar-refractivity contribution in [1.82, 2.24) is 9.88 Å². The van der Waals surface area contributed by atoms with Crippen molar-refractivity contribution in [1.29, 1.82) is 0 Å². The number of H-pyrrole nitrogens is 1. The highest BCUT2D eigenvalue weighted by Crippen LogP contribution is 2.27. The molecule has 2 aromatic carbocycles. The smallest absolute Gasteiger partial charge is 0.322 e. The molecule has 1 aromatic heterocycles. The van der Waals surface area contributed by atoms with Gasteiger partial charge in [0.1, 0.15) is 5.82 Å². The zero-order chi connectivity index (χ0) is 19.7. The van der Waals surface area contributed by atoms with Crippen LogP contribution in [0.5, 0.6) is 0 Å². The molecule has 2 amide bonds. The van der Waals surface area contributed by atoms with E-state index in [1.165, 1.54) is 48.5 Å². The third kappa shape index (κ3) is 3.51. The molecule has 0 bridgehead atoms. The summed E-state index contributed by atoms with van der Waals surface area (Å²) in [7, 11) is 1.50. The number of rotatable bonds is 3. The first-order chi connectivity index (χ1) is 12.8. The van der Waals surface area contributed by atoms with E-state index in [4.69, 9.17) is 0 Å². The minimum atomic E-state index is -1.24. The van der Waals surface area contributed by atoms with Crippen LogP contribution in [0.1, 0.15) is 18.5 Å². The van der Waals surface area contributed by atoms with Crippen LogP contribution >= 0.6 is 0 Å². The van der Waals surface area contributed by atoms with E-state index in [2.05, 4.69) is 10.3 Å². The predicted octanol–water partition coefficient (Wildman–Crippen LogP) is 4.17. The van der Waals surface area contributed by atoms with Gasteiger partial charge in [0.2, 0.25) is 0 Å². The van der Waals surface area contributed by atoms with Gasteiger partial charge in [0.25, 0.3) is 5.56 Å². The summed E-state index contributed by atoms with van der Waals surface area (Å²) in [4.78, 5) is 28.0. The number of fused-ring (bicyclic) bond motifs is 1. The topological polar surface area (TPSA) is 65.2 Å². The fraction of sp³-hybridized carbons (Fsp3) is 0.158. The minimum absolute atomic E-state index is 0.204. The Hall–Kier alpha value is -3.29. The SMILES string of the molecule is CC(c1c[nH]c(=O)c2c(F)c(F)ccc12)N(C)C(=O)Nc1cccc(F)c1. The normalized spacial score (nSPS) is 12.0. The van der Waals surface area contributed by atoms with Crippen molar-refractivity contribution >= 4 is 22.5 Å². The molecule has 0 aliphatic rings. The summed E-state index contributed by atoms with van der Waals surface area (Å²) in [5.41, 5.74) is -0.0521. The minimum Gasteiger partial charge on any atom is -0.328 e. The van der Waals surface area contributed by atoms with E-state index >= 15 is 0 Å². The van der Waals surface area contributed by atoms with Crippen LogP contribution in [0.15, 0.2) is 47.4 Å². The van der Waals surface area contributed by atoms with E-state index in [-0.39, 0.29) is 11.1 Å². The maximum absolute atomic E-state index is 14.1. The summed E-state index contributed by atoms with van der Waals surface area (Å²) in [5, 5.41) is 2.35. The second-order valence-electron chi connectivity index (χ2n) is 6.08. The van der Waals surface area contributed by atoms with Crippen LogP contribution in [-0.4, -0.2) is 23.0 Å². The Kier molecular flexibility index (Phi) is 4.89. The van der Waals surface area contributed by atoms with Gasteiger partial charge in [0, 0.05) is 18.9 Å². The highest BCUT2D eigenvalue weighted by atomic mass is 19.2. The molecule has 0 aliphatic carbocycles. The predicted molar refractivity (Wildman–Crippen MR) is 96.1 cm³/mol. The van der Waals surface area contributed by atoms with Crippen molar-refractivity contribution in [2.75, 3.05) is 12.4 Å². The van der Waals surface area contributed by atoms with Crippen molar-refractivity contribution in [3.8, 4) is 0 Å². The number of nitrogens with one attached hydrogen (secondary N) is 2. The third-order valence-electron chi connectivity index (χ3n) is 4.42. The van der Waals surface area contributed by atoms with Crippen LogP contribution in [0.2, 0.25) is 0 Å². The number of amides is 2. The molecule has 0 fully saturated rings. The zero-order valence-corrected chi connectivity index (χ0v) is 14.5. The van der Waals surface area contributed by atoms with Gasteiger partial charge in [-0.3, -0.25) is 4.79 Å². The second-order valence-corrected chi connectivity index (χ2v) is 6.08. The van der Waals surface area contributed by atoms with Gasteiger partial charge in [-0.05, 0) is 42.1 Å². The fourth-order valence-electron chi connectivity index (χ4n) is 2.81. The van der Waals surface area contributed by atoms with Crippen molar-refractivity contribution in [3.63, 3.8) is 0 Å². The molecule has 3 rings (SSSR count). The molecule has 0 spiro atoms. The molecule has 0 aliphatic heterocycles. The van der Waals surface area contributed by atoms with Crippen LogP contribution in [0.25, 0.3) is 10.8 Å². The van der Waals surface area contributed by atoms with Crippen molar-refractivity contribution in [2.45, 2.75) is 13.0 Å². The van der Waals surface area contributed by atoms with E-state index < -0.39 is 40.5 Å². The van der Waals surface area contributed by atoms with Gasteiger partial charge in [-0.15, -0.1) is 0 Å². The molecule has 2 N–H and O–H groups in total. The number of nitrogens with zero attached hydrogens (tertiary/aromatic N) is 1. The summed E-state index contributed by atoms with van der Waals surface area (Å²) in [6.07, 6.45) is 1.36. The lowest BCUT2D eigenvalue weighted by atomic mass is 10.0. The van der Waals surface area contributed by atoms with Gasteiger partial charge in [-0.2, -0.15) is 0 Å². The van der Waals surface area contributed by atoms with E-state index in [1.807, 2.05) is 0 Å². The Labute approximate surface area is 152 Å². The standard InChI is InChI=1S/C19H16F3N3O2/c1-10(25(2)19(27)24-12-5-3-4-11(20)8-12)14-9-23-18(26)16-13(14)6-7-15(21)17(16)22/h3-10H,1-2H3,(H,23,26)(H,24,27). The number of hydrogen-bond donors (Lipinski definition) is 2. The van der Waals surface area contributed by atoms with E-state index in [0.29, 0.717) is 5.56 Å². The average Bonchev–Trinajstić information content (AvgIpc) is 2.63. The summed E-state index contributed by atoms with van der Waals surface area (Å²) >= 11 is 0. The van der Waals surface area contributed by atoms with E-state index in [9.17, 15) is 22.8 Å². The molecule has 0 saturated heterocycles. The summed E-state index contributed by atoms with van der Waals surface area (Å²) in [6, 6.07) is 6.52. The highest BCUT2D eigenvalue weighted by molar-refractivity contribution is 5.90. The largest absolute Gasteiger partial charge is 0.328 e. The van der Waals surface area contributed by atoms with Crippen LogP contribution < -0.4 is 10.9 Å². The summed E-state index contributed by atoms with van der Waals surface area (Å²) in [5.74, 6) is -2.86. The van der Waals surface area contributed by atoms with Gasteiger partial charge < -0.3 is 15.2 Å². The number of anilines is 1. The van der Waals surface area contributed by atoms with Crippen LogP contribution in [-0.2, 0) is 0 Å². The maximum atomic E-state index is 14.1. The molecular formula is C19H16F3N3O2. The van der Waals surface area contributed by atoms with E-state index in [0.717, 1.165) is 6.07 Å². The number of carbonyl (C=O) groups is 1. The number of hydrogen-bond acceptors (Lipinski definition) is 2. The van der Waals surface area contributed by atoms with Gasteiger partial charge in [-0.1, -0.05) is 12.1 Å². The first-order valence-electron chi connectivity index (χ1n) is 8.08. The zero-order valence-electron chi connectivity index (χ0n) is 14.5. The molecule has 5 nitrogen and oxygen atoms in total. The monoisotopic (exact) mass is 375 g/mol. The first-order valence-corrected chi connectivity index (χ1v) is 8.08. The van der Waals surface area contributed by atoms with Gasteiger partial charge in [0.15, 0.2) is 11.6 Å². The van der Waals surface area contributed by atoms with Crippen LogP contribution in [0.4, 0.5) is 23.7 Å². The number of pyridine rings is 1. The molecule has 1 unspecified atom stereocenters. The quantitative estimate of drug-likeness (QED) is 0.722. The lowest BCUT2D eigenvalue weighted by molar-refractivity contribution is 0.208. The number of aromatic nitrogens is 1. The number of urea groups is 1. The molecule has 3 aromatic rings. The Bertz CT molecular complexity index is 1080. The Balaban J connectivity index is 1.94. The molecule has 0 radical (unpaired) electrons. The number of aromatic amines is 1. The van der Waals surface area contributed by atoms with Crippen molar-refractivity contribution < 1.29 is 18.0 Å². The second kappa shape index (κ2) is 7.14. The molecule has 1 atom stereocenters. The van der Waals surface area contributed by atoms with Gasteiger partial charge in [0.05, 0.1) is 11.4 Å². The number of halogens is 3. The molecule has 27 heavy (non-hydrogen) atoms. The van der Waals surface area contributed by atoms with Crippen molar-refractivity contribution in [3.05, 3.63) is 76.0 Å². The van der Waals surface area contributed by atoms with E-state index in [1.54, 1.807) is 6.92 Å². The Morgan fingerprint density at radius 2 is 1.93 bits per heavy atom. The number of carbonyl (C=O) groups excluding carboxylic acids is 1. The average molecular weight is 375 g/mol. The summed E-state index contributed by atoms with van der Waals surface area (Å²) in [6.45, 7) is 1.67. The molecule has 1 heterocycles. The Morgan fingerprint density at radius 3 is 2.63 bits per heavy atom.